The van der Waals surface area contributed by atoms with Gasteiger partial charge in [-0.1, -0.05) is 0 Å². The Balaban J connectivity index is 2.79. The third-order valence-corrected chi connectivity index (χ3v) is 14.2. The summed E-state index contributed by atoms with van der Waals surface area (Å²) in [5, 5.41) is 76.4. The van der Waals surface area contributed by atoms with Gasteiger partial charge in [0.25, 0.3) is 17.7 Å². The first-order valence-electron chi connectivity index (χ1n) is 16.4. The fraction of sp³-hybridized carbons (Fsp3) is 0.455. The van der Waals surface area contributed by atoms with E-state index in [1.54, 1.807) is 22.6 Å². The molecule has 0 bridgehead atoms. The Morgan fingerprint density at radius 3 is 0.982 bits per heavy atom. The van der Waals surface area contributed by atoms with Gasteiger partial charge in [-0.2, -0.15) is 0 Å². The lowest BCUT2D eigenvalue weighted by molar-refractivity contribution is -0.117. The van der Waals surface area contributed by atoms with Crippen LogP contribution in [0.15, 0.2) is 0 Å². The van der Waals surface area contributed by atoms with Crippen LogP contribution in [0.3, 0.4) is 0 Å². The van der Waals surface area contributed by atoms with Gasteiger partial charge in [-0.15, -0.1) is 0 Å². The van der Waals surface area contributed by atoms with E-state index in [1.165, 1.54) is 20.8 Å². The summed E-state index contributed by atoms with van der Waals surface area (Å²) in [6.07, 6.45) is -5.42. The van der Waals surface area contributed by atoms with Crippen LogP contribution in [0.25, 0.3) is 0 Å². The zero-order valence-corrected chi connectivity index (χ0v) is 43.2. The molecule has 2 aromatic rings. The van der Waals surface area contributed by atoms with Crippen LogP contribution in [0.2, 0.25) is 0 Å². The lowest BCUT2D eigenvalue weighted by Crippen LogP contribution is -2.45. The predicted octanol–water partition coefficient (Wildman–Crippen LogP) is 0.533. The summed E-state index contributed by atoms with van der Waals surface area (Å²) in [6, 6.07) is 0. The molecule has 18 nitrogen and oxygen atoms in total. The Morgan fingerprint density at radius 2 is 0.737 bits per heavy atom. The smallest absolute Gasteiger partial charge is 0.253 e. The molecule has 0 radical (unpaired) electrons. The Kier molecular flexibility index (Phi) is 22.4. The summed E-state index contributed by atoms with van der Waals surface area (Å²) < 4.78 is 1.21. The van der Waals surface area contributed by atoms with Crippen molar-refractivity contribution in [3.8, 4) is 0 Å². The molecule has 5 amide bonds. The minimum atomic E-state index is -1.54. The molecule has 0 saturated heterocycles. The Bertz CT molecular complexity index is 1840. The molecule has 4 atom stereocenters. The summed E-state index contributed by atoms with van der Waals surface area (Å²) in [5.41, 5.74) is 0.0797. The quantitative estimate of drug-likeness (QED) is 0.0680. The molecule has 10 N–H and O–H groups in total. The van der Waals surface area contributed by atoms with E-state index >= 15 is 0 Å². The van der Waals surface area contributed by atoms with Crippen LogP contribution in [-0.2, 0) is 9.59 Å². The minimum absolute atomic E-state index is 0.00526. The number of rotatable bonds is 19. The third-order valence-electron chi connectivity index (χ3n) is 7.83. The second-order valence-electron chi connectivity index (χ2n) is 12.2. The van der Waals surface area contributed by atoms with Gasteiger partial charge in [-0.25, -0.2) is 0 Å². The van der Waals surface area contributed by atoms with Gasteiger partial charge in [0, 0.05) is 49.8 Å². The number of aliphatic hydroxyl groups excluding tert-OH is 7. The summed E-state index contributed by atoms with van der Waals surface area (Å²) in [5.74, 6) is -3.95. The number of amides is 5. The van der Waals surface area contributed by atoms with E-state index in [2.05, 4.69) is 16.0 Å². The molecule has 24 heteroatoms. The van der Waals surface area contributed by atoms with Crippen LogP contribution in [-0.4, -0.2) is 148 Å². The number of anilines is 2. The van der Waals surface area contributed by atoms with E-state index < -0.39 is 92.6 Å². The van der Waals surface area contributed by atoms with Crippen molar-refractivity contribution in [2.45, 2.75) is 45.2 Å². The highest BCUT2D eigenvalue weighted by Crippen LogP contribution is 2.40. The molecular weight excluding hydrogens is 1440 g/mol. The predicted molar refractivity (Wildman–Crippen MR) is 258 cm³/mol. The number of carbonyl (C=O) groups excluding carboxylic acids is 6. The van der Waals surface area contributed by atoms with Crippen LogP contribution in [0.4, 0.5) is 11.4 Å². The van der Waals surface area contributed by atoms with E-state index in [0.717, 1.165) is 9.80 Å². The molecule has 0 saturated carbocycles. The number of nitrogens with one attached hydrogen (secondary N) is 3. The highest BCUT2D eigenvalue weighted by molar-refractivity contribution is 14.1. The van der Waals surface area contributed by atoms with Crippen molar-refractivity contribution in [1.82, 2.24) is 16.0 Å². The molecule has 4 unspecified atom stereocenters. The molecule has 0 spiro atoms. The summed E-state index contributed by atoms with van der Waals surface area (Å²) in [6.45, 7) is -0.297. The maximum absolute atomic E-state index is 13.6. The fourth-order valence-corrected chi connectivity index (χ4v) is 14.7. The second kappa shape index (κ2) is 24.3. The largest absolute Gasteiger partial charge is 0.394 e. The Morgan fingerprint density at radius 1 is 0.474 bits per heavy atom. The first-order valence-corrected chi connectivity index (χ1v) is 22.9. The first kappa shape index (κ1) is 52.7. The molecular formula is C33H39I6N5O13. The molecule has 0 aliphatic rings. The van der Waals surface area contributed by atoms with E-state index in [-0.39, 0.29) is 74.7 Å². The minimum Gasteiger partial charge on any atom is -0.394 e. The van der Waals surface area contributed by atoms with Crippen LogP contribution >= 0.6 is 136 Å². The number of benzene rings is 2. The maximum Gasteiger partial charge on any atom is 0.253 e. The maximum atomic E-state index is 13.6. The number of Topliss-reactive ketones (excluding diaryl/α,β-unsaturated/α-hetero) is 1. The fourth-order valence-electron chi connectivity index (χ4n) is 5.01. The topological polar surface area (TPSA) is 287 Å². The number of ketones is 1. The highest BCUT2D eigenvalue weighted by Gasteiger charge is 2.35. The van der Waals surface area contributed by atoms with Gasteiger partial charge in [0.05, 0.1) is 96.1 Å². The normalized spacial score (nSPS) is 13.3. The van der Waals surface area contributed by atoms with Crippen molar-refractivity contribution in [2.24, 2.45) is 0 Å². The van der Waals surface area contributed by atoms with Gasteiger partial charge in [-0.05, 0) is 142 Å². The van der Waals surface area contributed by atoms with Gasteiger partial charge in [0.2, 0.25) is 11.8 Å². The SMILES string of the molecule is CC(=O)c1c(I)c(C(=O)NCC(O)CO)c(I)c(N(CC(O)CN(C(C)=O)c2c(I)c(C(=O)NCC(O)CO)c(I)c(C(=O)NCC(O)CO)c2I)C(C)=O)c1I. The monoisotopic (exact) mass is 1470 g/mol. The van der Waals surface area contributed by atoms with Crippen LogP contribution in [0, 0.1) is 21.4 Å². The molecule has 0 aliphatic heterocycles. The van der Waals surface area contributed by atoms with E-state index in [9.17, 15) is 64.5 Å². The number of carbonyl (C=O) groups is 6. The van der Waals surface area contributed by atoms with Crippen molar-refractivity contribution in [2.75, 3.05) is 62.3 Å². The number of hydrogen-bond donors (Lipinski definition) is 10. The molecule has 2 aromatic carbocycles. The van der Waals surface area contributed by atoms with Crippen molar-refractivity contribution in [3.63, 3.8) is 0 Å². The summed E-state index contributed by atoms with van der Waals surface area (Å²) in [4.78, 5) is 82.5. The molecule has 57 heavy (non-hydrogen) atoms. The summed E-state index contributed by atoms with van der Waals surface area (Å²) >= 11 is 10.9. The Labute approximate surface area is 408 Å². The number of halogens is 6. The van der Waals surface area contributed by atoms with Gasteiger partial charge >= 0.3 is 0 Å². The summed E-state index contributed by atoms with van der Waals surface area (Å²) in [7, 11) is 0. The molecule has 0 fully saturated rings. The lowest BCUT2D eigenvalue weighted by Gasteiger charge is -2.32. The van der Waals surface area contributed by atoms with Crippen LogP contribution < -0.4 is 25.8 Å². The molecule has 316 valence electrons. The molecule has 0 aliphatic carbocycles. The lowest BCUT2D eigenvalue weighted by atomic mass is 10.0. The van der Waals surface area contributed by atoms with Crippen molar-refractivity contribution >= 4 is 182 Å². The van der Waals surface area contributed by atoms with Gasteiger partial charge in [-0.3, -0.25) is 28.8 Å². The second-order valence-corrected chi connectivity index (χ2v) is 18.7. The van der Waals surface area contributed by atoms with Crippen LogP contribution in [0.5, 0.6) is 0 Å². The van der Waals surface area contributed by atoms with Crippen molar-refractivity contribution < 1.29 is 64.5 Å². The number of hydrogen-bond acceptors (Lipinski definition) is 13. The average molecular weight is 1480 g/mol. The zero-order chi connectivity index (χ0) is 43.6. The van der Waals surface area contributed by atoms with Gasteiger partial charge < -0.3 is 61.5 Å². The van der Waals surface area contributed by atoms with E-state index in [4.69, 9.17) is 0 Å². The third kappa shape index (κ3) is 13.5. The average Bonchev–Trinajstić information content (AvgIpc) is 3.13. The molecule has 2 rings (SSSR count). The van der Waals surface area contributed by atoms with Gasteiger partial charge in [0.1, 0.15) is 0 Å². The van der Waals surface area contributed by atoms with Crippen molar-refractivity contribution in [1.29, 1.82) is 0 Å². The first-order chi connectivity index (χ1) is 26.6. The van der Waals surface area contributed by atoms with Crippen LogP contribution in [0.1, 0.15) is 62.2 Å². The highest BCUT2D eigenvalue weighted by atomic mass is 127. The van der Waals surface area contributed by atoms with Gasteiger partial charge in [0.15, 0.2) is 5.78 Å². The Hall–Kier alpha value is -0.440. The van der Waals surface area contributed by atoms with E-state index in [1.807, 2.05) is 113 Å². The standard InChI is InChI=1S/C33H39I6N5O13/c1-12(48)19-23(34)20(31(55)40-4-15(51)9-45)26(37)29(25(19)36)43(13(2)49)7-18(54)8-44(14(3)50)30-27(38)21(32(56)41-5-16(52)10-46)24(35)22(28(30)39)33(57)42-6-17(53)11-47/h15-18,45-47,51-54H,4-11H2,1-3H3,(H,40,55)(H,41,56)(H,42,57). The van der Waals surface area contributed by atoms with Crippen molar-refractivity contribution in [3.05, 3.63) is 43.7 Å². The number of aliphatic hydroxyl groups is 7. The zero-order valence-electron chi connectivity index (χ0n) is 30.2. The molecule has 0 aromatic heterocycles. The number of nitrogens with zero attached hydrogens (tertiary/aromatic N) is 2. The van der Waals surface area contributed by atoms with E-state index in [0.29, 0.717) is 0 Å². The molecule has 0 heterocycles.